The molecule has 0 bridgehead atoms. The summed E-state index contributed by atoms with van der Waals surface area (Å²) in [5.74, 6) is -2.45. The van der Waals surface area contributed by atoms with Crippen LogP contribution >= 0.6 is 0 Å². The number of rotatable bonds is 15. The summed E-state index contributed by atoms with van der Waals surface area (Å²) in [5, 5.41) is 19.3. The van der Waals surface area contributed by atoms with Gasteiger partial charge in [-0.1, -0.05) is 37.3 Å². The first-order chi connectivity index (χ1) is 21.2. The number of aliphatic carboxylic acids is 2. The Labute approximate surface area is 273 Å². The molecule has 0 aliphatic rings. The minimum Gasteiger partial charge on any atom is -0.521 e. The van der Waals surface area contributed by atoms with Crippen molar-refractivity contribution in [2.45, 2.75) is 85.5 Å². The number of carboxylic acid groups (broad SMARTS) is 2. The van der Waals surface area contributed by atoms with Gasteiger partial charge in [-0.2, -0.15) is 12.8 Å². The summed E-state index contributed by atoms with van der Waals surface area (Å²) < 4.78 is 10.5. The molecule has 1 aromatic rings. The monoisotopic (exact) mass is 1170 g/mol. The SMILES string of the molecule is CCC(C)N(C)CC(=O)OC(C)(C)C.CN(CCc1ccccc1)CC(=O)OC(C)(C)C.O=[C-]NCC(=O)O.O=[C-]NCC(=O)O.[Fm].[Fm]. The minimum atomic E-state index is -1.07. The smallest absolute Gasteiger partial charge is 0.320 e. The number of carbonyl (C=O) groups is 4. The zero-order valence-corrected chi connectivity index (χ0v) is 34.4. The molecule has 0 spiro atoms. The van der Waals surface area contributed by atoms with Crippen LogP contribution in [0.2, 0.25) is 0 Å². The van der Waals surface area contributed by atoms with Crippen LogP contribution in [0.25, 0.3) is 0 Å². The molecule has 1 aromatic carbocycles. The Hall–Kier alpha value is -6.04. The van der Waals surface area contributed by atoms with Crippen molar-refractivity contribution in [3.8, 4) is 0 Å². The van der Waals surface area contributed by atoms with Gasteiger partial charge < -0.3 is 39.9 Å². The molecule has 0 saturated heterocycles. The molecule has 0 aliphatic carbocycles. The van der Waals surface area contributed by atoms with Crippen molar-refractivity contribution in [1.82, 2.24) is 20.4 Å². The Balaban J connectivity index is -0.000000183. The van der Waals surface area contributed by atoms with E-state index in [-0.39, 0.29) is 30.6 Å². The fourth-order valence-corrected chi connectivity index (χ4v) is 2.91. The second-order valence-electron chi connectivity index (χ2n) is 12.0. The molecular formula is C32H54Fm2N4O10-2. The molecular weight excluding hydrogens is 1110 g/mol. The van der Waals surface area contributed by atoms with Crippen LogP contribution in [0, 0.1) is 0 Å². The Bertz CT molecular complexity index is 998. The van der Waals surface area contributed by atoms with Gasteiger partial charge in [-0.25, -0.2) is 0 Å². The Morgan fingerprint density at radius 3 is 1.50 bits per heavy atom. The second kappa shape index (κ2) is 28.4. The van der Waals surface area contributed by atoms with Gasteiger partial charge in [0.1, 0.15) is 11.2 Å². The standard InChI is InChI=1S/C15H23NO2.C11H23NO2.2C3H4NO3.2Fm/c1-15(2,3)18-14(17)12-16(4)11-10-13-8-6-5-7-9-13;1-7-9(2)12(6)8-10(13)14-11(3,4)5;2*5-2-4-1-3(6)7;;/h5-9H,10-12H2,1-4H3;9H,7-8H2,1-6H3;2*1H2,(H,4,5)(H,6,7);;/q;;2*-1;;. The third-order valence-corrected chi connectivity index (χ3v) is 5.21. The van der Waals surface area contributed by atoms with E-state index in [1.54, 1.807) is 0 Å². The van der Waals surface area contributed by atoms with Crippen LogP contribution in [0.4, 0.5) is 0 Å². The van der Waals surface area contributed by atoms with E-state index in [0.29, 0.717) is 19.1 Å². The Kier molecular flexibility index (Phi) is 30.5. The molecule has 0 radical (unpaired) electrons. The van der Waals surface area contributed by atoms with Gasteiger partial charge in [0.25, 0.3) is 0 Å². The van der Waals surface area contributed by atoms with Gasteiger partial charge in [0.2, 0.25) is 0 Å². The van der Waals surface area contributed by atoms with E-state index in [1.165, 1.54) is 18.4 Å². The number of carboxylic acids is 2. The molecule has 0 aliphatic heterocycles. The van der Waals surface area contributed by atoms with Crippen molar-refractivity contribution in [3.63, 3.8) is 0 Å². The van der Waals surface area contributed by atoms with Crippen molar-refractivity contribution < 1.29 is 48.5 Å². The van der Waals surface area contributed by atoms with Crippen LogP contribution in [-0.4, -0.2) is 121 Å². The molecule has 1 unspecified atom stereocenters. The summed E-state index contributed by atoms with van der Waals surface area (Å²) >= 11 is 0. The van der Waals surface area contributed by atoms with Crippen LogP contribution in [0.5, 0.6) is 0 Å². The fourth-order valence-electron chi connectivity index (χ4n) is 2.91. The molecule has 1 atom stereocenters. The number of esters is 2. The topological polar surface area (TPSA) is 192 Å². The Morgan fingerprint density at radius 1 is 0.792 bits per heavy atom. The van der Waals surface area contributed by atoms with Crippen LogP contribution in [0.1, 0.15) is 67.4 Å². The van der Waals surface area contributed by atoms with Gasteiger partial charge in [0.05, 0.1) is 26.2 Å². The second-order valence-corrected chi connectivity index (χ2v) is 12.0. The number of benzene rings is 1. The minimum absolute atomic E-state index is 0. The molecule has 48 heavy (non-hydrogen) atoms. The van der Waals surface area contributed by atoms with Gasteiger partial charge in [0.15, 0.2) is 0 Å². The van der Waals surface area contributed by atoms with Gasteiger partial charge >= 0.3 is 23.9 Å². The number of hydrogen-bond donors (Lipinski definition) is 4. The summed E-state index contributed by atoms with van der Waals surface area (Å²) in [6.07, 6.45) is 4.42. The van der Waals surface area contributed by atoms with Gasteiger partial charge in [0, 0.05) is 12.6 Å². The maximum Gasteiger partial charge on any atom is 0.320 e. The van der Waals surface area contributed by atoms with Crippen molar-refractivity contribution >= 4 is 36.7 Å². The summed E-state index contributed by atoms with van der Waals surface area (Å²) in [6.45, 7) is 16.3. The largest absolute Gasteiger partial charge is 0.521 e. The molecule has 0 heterocycles. The third-order valence-electron chi connectivity index (χ3n) is 5.21. The van der Waals surface area contributed by atoms with E-state index in [9.17, 15) is 28.8 Å². The maximum absolute atomic E-state index is 11.6. The van der Waals surface area contributed by atoms with E-state index < -0.39 is 17.5 Å². The number of ether oxygens (including phenoxy) is 2. The average Bonchev–Trinajstić information content (AvgIpc) is 2.92. The van der Waals surface area contributed by atoms with Crippen LogP contribution in [-0.2, 0) is 44.7 Å². The molecule has 14 nitrogen and oxygen atoms in total. The van der Waals surface area contributed by atoms with Crippen molar-refractivity contribution in [2.75, 3.05) is 46.8 Å². The van der Waals surface area contributed by atoms with Crippen molar-refractivity contribution in [3.05, 3.63) is 35.9 Å². The quantitative estimate of drug-likeness (QED) is 0.114. The molecule has 2 amide bonds. The summed E-state index contributed by atoms with van der Waals surface area (Å²) in [5.41, 5.74) is 0.499. The first-order valence-electron chi connectivity index (χ1n) is 14.7. The van der Waals surface area contributed by atoms with Crippen LogP contribution in [0.15, 0.2) is 30.3 Å². The maximum atomic E-state index is 11.6. The van der Waals surface area contributed by atoms with E-state index >= 15 is 0 Å². The molecule has 1 rings (SSSR count). The number of hydrogen-bond acceptors (Lipinski definition) is 10. The molecule has 0 fully saturated rings. The molecule has 4 N–H and O–H groups in total. The van der Waals surface area contributed by atoms with Crippen molar-refractivity contribution in [2.24, 2.45) is 0 Å². The van der Waals surface area contributed by atoms with Crippen LogP contribution in [0.3, 0.4) is 0 Å². The Morgan fingerprint density at radius 2 is 1.19 bits per heavy atom. The number of likely N-dealkylation sites (N-methyl/N-ethyl adjacent to an activating group) is 2. The average molecular weight is 1170 g/mol. The van der Waals surface area contributed by atoms with E-state index in [0.717, 1.165) is 19.4 Å². The summed E-state index contributed by atoms with van der Waals surface area (Å²) in [4.78, 5) is 64.5. The fraction of sp³-hybridized carbons (Fsp3) is 0.625. The predicted octanol–water partition coefficient (Wildman–Crippen LogP) is 2.02. The predicted molar refractivity (Wildman–Crippen MR) is 174 cm³/mol. The van der Waals surface area contributed by atoms with Gasteiger partial charge in [-0.15, -0.1) is 0 Å². The van der Waals surface area contributed by atoms with Gasteiger partial charge in [-0.3, -0.25) is 29.0 Å². The molecule has 16 heteroatoms. The van der Waals surface area contributed by atoms with E-state index in [4.69, 9.17) is 19.7 Å². The number of nitrogens with zero attached hydrogens (tertiary/aromatic N) is 2. The summed E-state index contributed by atoms with van der Waals surface area (Å²) in [7, 11) is 3.88. The summed E-state index contributed by atoms with van der Waals surface area (Å²) in [6, 6.07) is 10.7. The van der Waals surface area contributed by atoms with E-state index in [1.807, 2.05) is 94.3 Å². The number of amides is 2. The first kappa shape index (κ1) is 51.5. The zero-order chi connectivity index (χ0) is 36.3. The molecule has 0 aromatic heterocycles. The van der Waals surface area contributed by atoms with Gasteiger partial charge in [-0.05, 0) is 81.0 Å². The normalized spacial score (nSPS) is 10.7. The zero-order valence-electron chi connectivity index (χ0n) is 29.5. The van der Waals surface area contributed by atoms with Crippen molar-refractivity contribution in [1.29, 1.82) is 0 Å². The molecule has 0 saturated carbocycles. The van der Waals surface area contributed by atoms with Crippen LogP contribution < -0.4 is 10.6 Å². The van der Waals surface area contributed by atoms with E-state index in [2.05, 4.69) is 26.0 Å². The third kappa shape index (κ3) is 40.0. The first-order valence-corrected chi connectivity index (χ1v) is 14.7. The number of nitrogens with one attached hydrogen (secondary N) is 2. The molecule has 288 valence electrons. The number of carbonyl (C=O) groups excluding carboxylic acids is 4.